The lowest BCUT2D eigenvalue weighted by atomic mass is 9.78. The number of carbonyl (C=O) groups is 3. The summed E-state index contributed by atoms with van der Waals surface area (Å²) in [6.07, 6.45) is 3.63. The molecule has 1 amide bonds. The topological polar surface area (TPSA) is 74.7 Å². The van der Waals surface area contributed by atoms with Crippen molar-refractivity contribution in [1.82, 2.24) is 4.90 Å². The van der Waals surface area contributed by atoms with Crippen LogP contribution in [0.25, 0.3) is 6.08 Å². The maximum absolute atomic E-state index is 14.1. The maximum atomic E-state index is 14.1. The molecule has 1 saturated heterocycles. The van der Waals surface area contributed by atoms with Gasteiger partial charge < -0.3 is 10.0 Å². The Hall–Kier alpha value is -4.00. The summed E-state index contributed by atoms with van der Waals surface area (Å²) in [6, 6.07) is 26.4. The number of hydrogen-bond donors (Lipinski definition) is 1. The number of carboxylic acid groups (broad SMARTS) is 1. The van der Waals surface area contributed by atoms with Crippen LogP contribution >= 0.6 is 22.9 Å². The fourth-order valence-corrected chi connectivity index (χ4v) is 6.01. The third-order valence-electron chi connectivity index (χ3n) is 6.83. The smallest absolute Gasteiger partial charge is 0.327 e. The van der Waals surface area contributed by atoms with E-state index >= 15 is 0 Å². The molecule has 2 heterocycles. The van der Waals surface area contributed by atoms with Crippen molar-refractivity contribution in [2.75, 3.05) is 0 Å². The van der Waals surface area contributed by atoms with E-state index in [2.05, 4.69) is 0 Å². The van der Waals surface area contributed by atoms with Crippen LogP contribution in [0.1, 0.15) is 37.1 Å². The van der Waals surface area contributed by atoms with Crippen LogP contribution in [0, 0.1) is 5.92 Å². The SMILES string of the molecule is O=C(c1cccs1)C1C(c2ccc(Cl)cc2)C(C(=O)O)N(C(=O)c2ccccc2)C1C=Cc1ccccc1. The van der Waals surface area contributed by atoms with E-state index in [-0.39, 0.29) is 5.78 Å². The molecule has 190 valence electrons. The number of hydrogen-bond acceptors (Lipinski definition) is 4. The zero-order chi connectivity index (χ0) is 26.6. The van der Waals surface area contributed by atoms with E-state index in [1.807, 2.05) is 41.8 Å². The van der Waals surface area contributed by atoms with Gasteiger partial charge in [0.15, 0.2) is 5.78 Å². The van der Waals surface area contributed by atoms with Gasteiger partial charge in [0.1, 0.15) is 6.04 Å². The average molecular weight is 542 g/mol. The van der Waals surface area contributed by atoms with Crippen LogP contribution in [0.5, 0.6) is 0 Å². The van der Waals surface area contributed by atoms with Gasteiger partial charge in [-0.25, -0.2) is 4.79 Å². The van der Waals surface area contributed by atoms with Crippen LogP contribution in [0.4, 0.5) is 0 Å². The van der Waals surface area contributed by atoms with Gasteiger partial charge in [-0.15, -0.1) is 11.3 Å². The van der Waals surface area contributed by atoms with E-state index in [0.29, 0.717) is 21.0 Å². The second-order valence-electron chi connectivity index (χ2n) is 9.07. The first-order chi connectivity index (χ1) is 18.5. The molecular formula is C31H24ClNO4S. The van der Waals surface area contributed by atoms with E-state index in [4.69, 9.17) is 11.6 Å². The molecule has 0 bridgehead atoms. The lowest BCUT2D eigenvalue weighted by molar-refractivity contribution is -0.142. The van der Waals surface area contributed by atoms with E-state index < -0.39 is 35.8 Å². The highest BCUT2D eigenvalue weighted by molar-refractivity contribution is 7.12. The summed E-state index contributed by atoms with van der Waals surface area (Å²) in [5, 5.41) is 12.9. The molecule has 0 aliphatic carbocycles. The number of carbonyl (C=O) groups excluding carboxylic acids is 2. The lowest BCUT2D eigenvalue weighted by Gasteiger charge is -2.28. The molecule has 5 nitrogen and oxygen atoms in total. The van der Waals surface area contributed by atoms with Crippen molar-refractivity contribution in [1.29, 1.82) is 0 Å². The van der Waals surface area contributed by atoms with Gasteiger partial charge in [-0.3, -0.25) is 9.59 Å². The van der Waals surface area contributed by atoms with Gasteiger partial charge in [-0.2, -0.15) is 0 Å². The molecule has 1 aliphatic rings. The molecule has 1 aromatic heterocycles. The monoisotopic (exact) mass is 541 g/mol. The van der Waals surface area contributed by atoms with Gasteiger partial charge in [0.2, 0.25) is 0 Å². The van der Waals surface area contributed by atoms with E-state index in [9.17, 15) is 19.5 Å². The first-order valence-electron chi connectivity index (χ1n) is 12.1. The van der Waals surface area contributed by atoms with Gasteiger partial charge in [0.05, 0.1) is 16.8 Å². The number of nitrogens with zero attached hydrogens (tertiary/aromatic N) is 1. The first kappa shape index (κ1) is 25.6. The largest absolute Gasteiger partial charge is 0.480 e. The van der Waals surface area contributed by atoms with Crippen molar-refractivity contribution in [2.24, 2.45) is 5.92 Å². The molecule has 3 aromatic carbocycles. The number of thiophene rings is 1. The Bertz CT molecular complexity index is 1450. The summed E-state index contributed by atoms with van der Waals surface area (Å²) >= 11 is 7.45. The second kappa shape index (κ2) is 11.2. The van der Waals surface area contributed by atoms with Crippen LogP contribution in [-0.2, 0) is 4.79 Å². The molecule has 0 saturated carbocycles. The van der Waals surface area contributed by atoms with Crippen molar-refractivity contribution in [3.8, 4) is 0 Å². The molecular weight excluding hydrogens is 518 g/mol. The number of benzene rings is 3. The van der Waals surface area contributed by atoms with E-state index in [0.717, 1.165) is 5.56 Å². The molecule has 5 rings (SSSR count). The Morgan fingerprint density at radius 2 is 1.50 bits per heavy atom. The lowest BCUT2D eigenvalue weighted by Crippen LogP contribution is -2.46. The number of halogens is 1. The Labute approximate surface area is 229 Å². The third-order valence-corrected chi connectivity index (χ3v) is 7.97. The summed E-state index contributed by atoms with van der Waals surface area (Å²) in [5.74, 6) is -3.44. The minimum atomic E-state index is -1.27. The fourth-order valence-electron chi connectivity index (χ4n) is 5.17. The van der Waals surface area contributed by atoms with E-state index in [1.54, 1.807) is 72.8 Å². The van der Waals surface area contributed by atoms with Crippen molar-refractivity contribution < 1.29 is 19.5 Å². The maximum Gasteiger partial charge on any atom is 0.327 e. The van der Waals surface area contributed by atoms with Crippen LogP contribution in [0.3, 0.4) is 0 Å². The van der Waals surface area contributed by atoms with Crippen molar-refractivity contribution in [2.45, 2.75) is 18.0 Å². The number of Topliss-reactive ketones (excluding diaryl/α,β-unsaturated/α-hetero) is 1. The zero-order valence-electron chi connectivity index (χ0n) is 20.2. The molecule has 4 unspecified atom stereocenters. The molecule has 1 aliphatic heterocycles. The number of carboxylic acids is 1. The highest BCUT2D eigenvalue weighted by Crippen LogP contribution is 2.46. The number of amides is 1. The summed E-state index contributed by atoms with van der Waals surface area (Å²) < 4.78 is 0. The fraction of sp³-hybridized carbons (Fsp3) is 0.129. The van der Waals surface area contributed by atoms with Crippen LogP contribution in [-0.4, -0.2) is 39.7 Å². The summed E-state index contributed by atoms with van der Waals surface area (Å²) in [5.41, 5.74) is 1.87. The quantitative estimate of drug-likeness (QED) is 0.265. The van der Waals surface area contributed by atoms with Gasteiger partial charge >= 0.3 is 5.97 Å². The predicted octanol–water partition coefficient (Wildman–Crippen LogP) is 6.68. The van der Waals surface area contributed by atoms with E-state index in [1.165, 1.54) is 16.2 Å². The Morgan fingerprint density at radius 3 is 2.11 bits per heavy atom. The molecule has 0 radical (unpaired) electrons. The number of ketones is 1. The predicted molar refractivity (Wildman–Crippen MR) is 150 cm³/mol. The molecule has 1 fully saturated rings. The van der Waals surface area contributed by atoms with Crippen molar-refractivity contribution in [3.05, 3.63) is 135 Å². The number of rotatable bonds is 7. The highest BCUT2D eigenvalue weighted by Gasteiger charge is 2.56. The first-order valence-corrected chi connectivity index (χ1v) is 13.4. The highest BCUT2D eigenvalue weighted by atomic mass is 35.5. The normalized spacial score (nSPS) is 21.0. The summed E-state index contributed by atoms with van der Waals surface area (Å²) in [6.45, 7) is 0. The van der Waals surface area contributed by atoms with Crippen LogP contribution in [0.2, 0.25) is 5.02 Å². The van der Waals surface area contributed by atoms with Crippen LogP contribution < -0.4 is 0 Å². The zero-order valence-corrected chi connectivity index (χ0v) is 21.8. The Kier molecular flexibility index (Phi) is 7.54. The van der Waals surface area contributed by atoms with Gasteiger partial charge in [-0.05, 0) is 46.8 Å². The Morgan fingerprint density at radius 1 is 0.842 bits per heavy atom. The van der Waals surface area contributed by atoms with Gasteiger partial charge in [0.25, 0.3) is 5.91 Å². The minimum Gasteiger partial charge on any atom is -0.480 e. The standard InChI is InChI=1S/C31H24ClNO4S/c32-23-16-14-21(15-17-23)26-27(29(34)25-12-7-19-38-25)24(18-13-20-8-3-1-4-9-20)33(28(26)31(36)37)30(35)22-10-5-2-6-11-22/h1-19,24,26-28H,(H,36,37). The Balaban J connectivity index is 1.71. The van der Waals surface area contributed by atoms with Gasteiger partial charge in [-0.1, -0.05) is 90.5 Å². The minimum absolute atomic E-state index is 0.197. The molecule has 4 aromatic rings. The molecule has 0 spiro atoms. The average Bonchev–Trinajstić information content (AvgIpc) is 3.60. The van der Waals surface area contributed by atoms with Crippen molar-refractivity contribution >= 4 is 46.7 Å². The number of likely N-dealkylation sites (tertiary alicyclic amines) is 1. The molecule has 1 N–H and O–H groups in total. The molecule has 38 heavy (non-hydrogen) atoms. The number of aliphatic carboxylic acids is 1. The van der Waals surface area contributed by atoms with Crippen LogP contribution in [0.15, 0.2) is 109 Å². The summed E-state index contributed by atoms with van der Waals surface area (Å²) in [7, 11) is 0. The molecule has 4 atom stereocenters. The second-order valence-corrected chi connectivity index (χ2v) is 10.5. The van der Waals surface area contributed by atoms with Crippen molar-refractivity contribution in [3.63, 3.8) is 0 Å². The third kappa shape index (κ3) is 5.05. The summed E-state index contributed by atoms with van der Waals surface area (Å²) in [4.78, 5) is 42.8. The molecule has 7 heteroatoms. The van der Waals surface area contributed by atoms with Gasteiger partial charge in [0, 0.05) is 16.5 Å².